The maximum atomic E-state index is 12.7. The summed E-state index contributed by atoms with van der Waals surface area (Å²) in [7, 11) is 0. The molecule has 116 valence electrons. The van der Waals surface area contributed by atoms with Crippen LogP contribution in [-0.4, -0.2) is 17.8 Å². The molecule has 7 heteroatoms. The number of rotatable bonds is 2. The fourth-order valence-electron chi connectivity index (χ4n) is 2.24. The van der Waals surface area contributed by atoms with Crippen molar-refractivity contribution in [1.29, 1.82) is 0 Å². The molecule has 5 nitrogen and oxygen atoms in total. The summed E-state index contributed by atoms with van der Waals surface area (Å²) in [5.74, 6) is -1.31. The van der Waals surface area contributed by atoms with E-state index >= 15 is 0 Å². The second-order valence-corrected chi connectivity index (χ2v) is 7.38. The first-order valence-electron chi connectivity index (χ1n) is 6.70. The number of aryl methyl sites for hydroxylation is 1. The van der Waals surface area contributed by atoms with Crippen LogP contribution >= 0.6 is 27.3 Å². The molecule has 2 heterocycles. The molecule has 0 bridgehead atoms. The highest BCUT2D eigenvalue weighted by Crippen LogP contribution is 2.27. The van der Waals surface area contributed by atoms with Crippen LogP contribution in [0.15, 0.2) is 45.8 Å². The normalized spacial score (nSPS) is 16.9. The number of urea groups is 1. The summed E-state index contributed by atoms with van der Waals surface area (Å²) in [6.07, 6.45) is 1.49. The van der Waals surface area contributed by atoms with E-state index in [2.05, 4.69) is 21.2 Å². The monoisotopic (exact) mass is 390 g/mol. The molecule has 1 aromatic heterocycles. The number of amides is 4. The van der Waals surface area contributed by atoms with Crippen molar-refractivity contribution < 1.29 is 14.4 Å². The van der Waals surface area contributed by atoms with Gasteiger partial charge in [0.15, 0.2) is 0 Å². The van der Waals surface area contributed by atoms with Gasteiger partial charge in [-0.2, -0.15) is 0 Å². The zero-order chi connectivity index (χ0) is 16.6. The molecule has 0 atom stereocenters. The number of benzene rings is 1. The van der Waals surface area contributed by atoms with Crippen LogP contribution in [0.3, 0.4) is 0 Å². The summed E-state index contributed by atoms with van der Waals surface area (Å²) in [5, 5.41) is 2.21. The number of barbiturate groups is 1. The molecule has 2 aromatic rings. The van der Waals surface area contributed by atoms with Gasteiger partial charge < -0.3 is 0 Å². The number of hydrogen-bond acceptors (Lipinski definition) is 4. The van der Waals surface area contributed by atoms with Gasteiger partial charge in [0, 0.05) is 4.88 Å². The molecule has 0 radical (unpaired) electrons. The molecule has 3 rings (SSSR count). The van der Waals surface area contributed by atoms with Gasteiger partial charge in [0.1, 0.15) is 5.57 Å². The van der Waals surface area contributed by atoms with Crippen molar-refractivity contribution in [3.8, 4) is 0 Å². The Morgan fingerprint density at radius 3 is 2.52 bits per heavy atom. The highest BCUT2D eigenvalue weighted by Gasteiger charge is 2.37. The van der Waals surface area contributed by atoms with Gasteiger partial charge in [-0.05, 0) is 52.7 Å². The van der Waals surface area contributed by atoms with Crippen LogP contribution in [0, 0.1) is 6.92 Å². The van der Waals surface area contributed by atoms with E-state index in [1.807, 2.05) is 12.1 Å². The lowest BCUT2D eigenvalue weighted by Gasteiger charge is -2.27. The van der Waals surface area contributed by atoms with Crippen molar-refractivity contribution in [2.75, 3.05) is 4.90 Å². The van der Waals surface area contributed by atoms with E-state index in [0.717, 1.165) is 19.1 Å². The van der Waals surface area contributed by atoms with Crippen molar-refractivity contribution in [2.24, 2.45) is 0 Å². The maximum Gasteiger partial charge on any atom is 0.335 e. The molecular formula is C16H11BrN2O3S. The fraction of sp³-hybridized carbons (Fsp3) is 0.0625. The topological polar surface area (TPSA) is 66.5 Å². The Kier molecular flexibility index (Phi) is 4.14. The van der Waals surface area contributed by atoms with E-state index in [1.54, 1.807) is 31.2 Å². The van der Waals surface area contributed by atoms with Crippen LogP contribution in [0.4, 0.5) is 10.5 Å². The predicted molar refractivity (Wildman–Crippen MR) is 92.2 cm³/mol. The summed E-state index contributed by atoms with van der Waals surface area (Å²) in [5.41, 5.74) is 1.16. The van der Waals surface area contributed by atoms with E-state index in [4.69, 9.17) is 0 Å². The quantitative estimate of drug-likeness (QED) is 0.630. The second kappa shape index (κ2) is 6.10. The molecule has 1 N–H and O–H groups in total. The van der Waals surface area contributed by atoms with Crippen molar-refractivity contribution in [1.82, 2.24) is 5.32 Å². The Hall–Kier alpha value is -2.25. The molecule has 23 heavy (non-hydrogen) atoms. The molecule has 0 unspecified atom stereocenters. The lowest BCUT2D eigenvalue weighted by atomic mass is 10.1. The van der Waals surface area contributed by atoms with E-state index in [1.165, 1.54) is 17.4 Å². The lowest BCUT2D eigenvalue weighted by molar-refractivity contribution is -0.122. The van der Waals surface area contributed by atoms with Crippen molar-refractivity contribution in [3.63, 3.8) is 0 Å². The molecule has 1 fully saturated rings. The molecule has 4 amide bonds. The number of imide groups is 2. The van der Waals surface area contributed by atoms with Gasteiger partial charge in [-0.3, -0.25) is 14.9 Å². The van der Waals surface area contributed by atoms with Gasteiger partial charge in [0.25, 0.3) is 11.8 Å². The number of halogens is 1. The Morgan fingerprint density at radius 1 is 1.13 bits per heavy atom. The van der Waals surface area contributed by atoms with Gasteiger partial charge in [-0.25, -0.2) is 9.69 Å². The third kappa shape index (κ3) is 2.97. The Balaban J connectivity index is 2.04. The highest BCUT2D eigenvalue weighted by atomic mass is 79.9. The minimum atomic E-state index is -0.737. The standard InChI is InChI=1S/C16H11BrN2O3S/c1-9-4-2-3-5-12(9)19-15(21)11(14(20)18-16(19)22)8-10-6-7-13(17)23-10/h2-8H,1H3,(H,18,20,22)/b11-8+. The summed E-state index contributed by atoms with van der Waals surface area (Å²) < 4.78 is 0.889. The molecule has 0 spiro atoms. The fourth-order valence-corrected chi connectivity index (χ4v) is 3.61. The van der Waals surface area contributed by atoms with Gasteiger partial charge in [-0.1, -0.05) is 18.2 Å². The first-order valence-corrected chi connectivity index (χ1v) is 8.31. The minimum absolute atomic E-state index is 0.0674. The number of para-hydroxylation sites is 1. The van der Waals surface area contributed by atoms with Crippen molar-refractivity contribution >= 4 is 56.9 Å². The smallest absolute Gasteiger partial charge is 0.273 e. The summed E-state index contributed by atoms with van der Waals surface area (Å²) in [6, 6.07) is 9.89. The number of carbonyl (C=O) groups is 3. The second-order valence-electron chi connectivity index (χ2n) is 4.89. The van der Waals surface area contributed by atoms with Crippen LogP contribution in [0.5, 0.6) is 0 Å². The van der Waals surface area contributed by atoms with Crippen LogP contribution in [-0.2, 0) is 9.59 Å². The maximum absolute atomic E-state index is 12.7. The molecule has 1 aromatic carbocycles. The SMILES string of the molecule is Cc1ccccc1N1C(=O)NC(=O)/C(=C\c2ccc(Br)s2)C1=O. The van der Waals surface area contributed by atoms with Gasteiger partial charge in [0.05, 0.1) is 9.47 Å². The average Bonchev–Trinajstić information content (AvgIpc) is 2.91. The number of thiophene rings is 1. The summed E-state index contributed by atoms with van der Waals surface area (Å²) in [6.45, 7) is 1.80. The molecule has 1 saturated heterocycles. The van der Waals surface area contributed by atoms with Crippen LogP contribution in [0.1, 0.15) is 10.4 Å². The number of nitrogens with one attached hydrogen (secondary N) is 1. The third-order valence-electron chi connectivity index (χ3n) is 3.34. The average molecular weight is 391 g/mol. The molecular weight excluding hydrogens is 380 g/mol. The first kappa shape index (κ1) is 15.6. The van der Waals surface area contributed by atoms with E-state index in [9.17, 15) is 14.4 Å². The lowest BCUT2D eigenvalue weighted by Crippen LogP contribution is -2.54. The number of nitrogens with zero attached hydrogens (tertiary/aromatic N) is 1. The Bertz CT molecular complexity index is 857. The summed E-state index contributed by atoms with van der Waals surface area (Å²) in [4.78, 5) is 38.6. The van der Waals surface area contributed by atoms with Gasteiger partial charge in [0.2, 0.25) is 0 Å². The molecule has 0 aliphatic carbocycles. The highest BCUT2D eigenvalue weighted by molar-refractivity contribution is 9.11. The molecule has 1 aliphatic rings. The van der Waals surface area contributed by atoms with E-state index in [0.29, 0.717) is 5.69 Å². The van der Waals surface area contributed by atoms with Crippen LogP contribution in [0.2, 0.25) is 0 Å². The summed E-state index contributed by atoms with van der Waals surface area (Å²) >= 11 is 4.73. The number of hydrogen-bond donors (Lipinski definition) is 1. The molecule has 0 saturated carbocycles. The number of anilines is 1. The largest absolute Gasteiger partial charge is 0.335 e. The van der Waals surface area contributed by atoms with E-state index < -0.39 is 17.8 Å². The van der Waals surface area contributed by atoms with Gasteiger partial charge in [-0.15, -0.1) is 11.3 Å². The van der Waals surface area contributed by atoms with Gasteiger partial charge >= 0.3 is 6.03 Å². The Labute approximate surface area is 144 Å². The van der Waals surface area contributed by atoms with Crippen LogP contribution < -0.4 is 10.2 Å². The minimum Gasteiger partial charge on any atom is -0.273 e. The van der Waals surface area contributed by atoms with Crippen molar-refractivity contribution in [3.05, 3.63) is 56.2 Å². The van der Waals surface area contributed by atoms with E-state index in [-0.39, 0.29) is 5.57 Å². The first-order chi connectivity index (χ1) is 11.0. The zero-order valence-electron chi connectivity index (χ0n) is 12.0. The Morgan fingerprint density at radius 2 is 1.87 bits per heavy atom. The zero-order valence-corrected chi connectivity index (χ0v) is 14.4. The molecule has 1 aliphatic heterocycles. The van der Waals surface area contributed by atoms with Crippen LogP contribution in [0.25, 0.3) is 6.08 Å². The number of carbonyl (C=O) groups excluding carboxylic acids is 3. The third-order valence-corrected chi connectivity index (χ3v) is 4.91. The van der Waals surface area contributed by atoms with Crippen molar-refractivity contribution in [2.45, 2.75) is 6.92 Å². The predicted octanol–water partition coefficient (Wildman–Crippen LogP) is 3.49.